The summed E-state index contributed by atoms with van der Waals surface area (Å²) in [5.74, 6) is -1.55. The average Bonchev–Trinajstić information content (AvgIpc) is 2.40. The molecule has 0 aliphatic carbocycles. The standard InChI is InChI=1S/C12H12F2N4O2S/c1-18-12(16-10(19)11(20)17-18)21-9-7(13)4-6(2-3-15)5-8(9)14/h4-5H,2-3,15H2,1H3,(H,17,20). The van der Waals surface area contributed by atoms with Gasteiger partial charge in [-0.1, -0.05) is 0 Å². The predicted molar refractivity (Wildman–Crippen MR) is 73.3 cm³/mol. The minimum absolute atomic E-state index is 0.0241. The van der Waals surface area contributed by atoms with Gasteiger partial charge >= 0.3 is 11.1 Å². The zero-order valence-corrected chi connectivity index (χ0v) is 11.8. The summed E-state index contributed by atoms with van der Waals surface area (Å²) in [4.78, 5) is 25.5. The van der Waals surface area contributed by atoms with Crippen LogP contribution >= 0.6 is 11.8 Å². The molecule has 0 bridgehead atoms. The van der Waals surface area contributed by atoms with Gasteiger partial charge < -0.3 is 5.73 Å². The Balaban J connectivity index is 2.43. The van der Waals surface area contributed by atoms with Crippen LogP contribution in [-0.2, 0) is 13.5 Å². The number of hydrogen-bond acceptors (Lipinski definition) is 5. The molecular formula is C12H12F2N4O2S. The molecule has 0 radical (unpaired) electrons. The molecule has 1 aromatic carbocycles. The largest absolute Gasteiger partial charge is 0.339 e. The third-order valence-electron chi connectivity index (χ3n) is 2.63. The van der Waals surface area contributed by atoms with E-state index in [1.807, 2.05) is 0 Å². The molecule has 2 aromatic rings. The van der Waals surface area contributed by atoms with Crippen molar-refractivity contribution in [3.8, 4) is 0 Å². The summed E-state index contributed by atoms with van der Waals surface area (Å²) in [6, 6.07) is 2.37. The second-order valence-electron chi connectivity index (χ2n) is 4.23. The Morgan fingerprint density at radius 3 is 2.52 bits per heavy atom. The molecule has 6 nitrogen and oxygen atoms in total. The molecule has 0 unspecified atom stereocenters. The molecule has 21 heavy (non-hydrogen) atoms. The maximum absolute atomic E-state index is 13.9. The summed E-state index contributed by atoms with van der Waals surface area (Å²) < 4.78 is 29.0. The lowest BCUT2D eigenvalue weighted by atomic mass is 10.1. The Hall–Kier alpha value is -2.00. The number of H-pyrrole nitrogens is 1. The van der Waals surface area contributed by atoms with E-state index in [1.165, 1.54) is 19.2 Å². The first-order valence-corrected chi connectivity index (χ1v) is 6.77. The van der Waals surface area contributed by atoms with E-state index >= 15 is 0 Å². The Morgan fingerprint density at radius 2 is 1.95 bits per heavy atom. The molecule has 112 valence electrons. The van der Waals surface area contributed by atoms with Gasteiger partial charge in [-0.25, -0.2) is 8.78 Å². The molecule has 0 aliphatic rings. The van der Waals surface area contributed by atoms with E-state index in [0.717, 1.165) is 4.68 Å². The second kappa shape index (κ2) is 6.19. The van der Waals surface area contributed by atoms with Crippen LogP contribution in [0.4, 0.5) is 8.78 Å². The molecule has 1 aromatic heterocycles. The molecule has 3 N–H and O–H groups in total. The number of benzene rings is 1. The van der Waals surface area contributed by atoms with Crippen molar-refractivity contribution in [2.45, 2.75) is 16.5 Å². The van der Waals surface area contributed by atoms with E-state index in [2.05, 4.69) is 10.1 Å². The Labute approximate surface area is 122 Å². The highest BCUT2D eigenvalue weighted by molar-refractivity contribution is 7.99. The monoisotopic (exact) mass is 314 g/mol. The number of nitrogens with one attached hydrogen (secondary N) is 1. The molecule has 0 fully saturated rings. The lowest BCUT2D eigenvalue weighted by Gasteiger charge is -2.09. The summed E-state index contributed by atoms with van der Waals surface area (Å²) in [5, 5.41) is 2.18. The molecule has 0 spiro atoms. The summed E-state index contributed by atoms with van der Waals surface area (Å²) in [6.45, 7) is 0.279. The number of hydrogen-bond donors (Lipinski definition) is 2. The topological polar surface area (TPSA) is 93.8 Å². The van der Waals surface area contributed by atoms with E-state index in [-0.39, 0.29) is 16.6 Å². The van der Waals surface area contributed by atoms with Crippen molar-refractivity contribution in [2.75, 3.05) is 6.54 Å². The van der Waals surface area contributed by atoms with Gasteiger partial charge in [0, 0.05) is 7.05 Å². The van der Waals surface area contributed by atoms with E-state index in [1.54, 1.807) is 0 Å². The fourth-order valence-electron chi connectivity index (χ4n) is 1.66. The molecule has 9 heteroatoms. The lowest BCUT2D eigenvalue weighted by molar-refractivity contribution is 0.534. The Kier molecular flexibility index (Phi) is 4.53. The summed E-state index contributed by atoms with van der Waals surface area (Å²) in [6.07, 6.45) is 0.355. The van der Waals surface area contributed by atoms with Crippen molar-refractivity contribution >= 4 is 11.8 Å². The number of nitrogens with zero attached hydrogens (tertiary/aromatic N) is 2. The Morgan fingerprint density at radius 1 is 1.33 bits per heavy atom. The van der Waals surface area contributed by atoms with E-state index in [0.29, 0.717) is 23.7 Å². The lowest BCUT2D eigenvalue weighted by Crippen LogP contribution is -2.33. The average molecular weight is 314 g/mol. The van der Waals surface area contributed by atoms with Crippen LogP contribution in [-0.4, -0.2) is 21.3 Å². The molecule has 1 heterocycles. The Bertz CT molecular complexity index is 765. The van der Waals surface area contributed by atoms with E-state index in [4.69, 9.17) is 5.73 Å². The van der Waals surface area contributed by atoms with E-state index in [9.17, 15) is 18.4 Å². The van der Waals surface area contributed by atoms with Crippen LogP contribution in [0, 0.1) is 11.6 Å². The quantitative estimate of drug-likeness (QED) is 0.797. The minimum atomic E-state index is -1.02. The van der Waals surface area contributed by atoms with Gasteiger partial charge in [-0.2, -0.15) is 4.98 Å². The molecular weight excluding hydrogens is 302 g/mol. The van der Waals surface area contributed by atoms with Crippen LogP contribution in [0.1, 0.15) is 5.56 Å². The van der Waals surface area contributed by atoms with Crippen LogP contribution in [0.25, 0.3) is 0 Å². The van der Waals surface area contributed by atoms with Crippen molar-refractivity contribution < 1.29 is 8.78 Å². The zero-order valence-electron chi connectivity index (χ0n) is 11.0. The van der Waals surface area contributed by atoms with Gasteiger partial charge in [0.05, 0.1) is 4.90 Å². The first-order valence-electron chi connectivity index (χ1n) is 5.95. The number of aromatic nitrogens is 3. The van der Waals surface area contributed by atoms with Gasteiger partial charge in [0.2, 0.25) is 0 Å². The highest BCUT2D eigenvalue weighted by Gasteiger charge is 2.15. The number of aryl methyl sites for hydroxylation is 1. The van der Waals surface area contributed by atoms with Gasteiger partial charge in [-0.05, 0) is 42.4 Å². The SMILES string of the molecule is Cn1[nH]c(=O)c(=O)nc1Sc1c(F)cc(CCN)cc1F. The molecule has 0 saturated carbocycles. The number of rotatable bonds is 4. The van der Waals surface area contributed by atoms with Crippen molar-refractivity contribution in [3.63, 3.8) is 0 Å². The smallest absolute Gasteiger partial charge is 0.330 e. The van der Waals surface area contributed by atoms with Crippen LogP contribution in [0.5, 0.6) is 0 Å². The highest BCUT2D eigenvalue weighted by atomic mass is 32.2. The van der Waals surface area contributed by atoms with Gasteiger partial charge in [-0.15, -0.1) is 0 Å². The summed E-state index contributed by atoms with van der Waals surface area (Å²) in [5.41, 5.74) is 3.87. The number of halogens is 2. The third-order valence-corrected chi connectivity index (χ3v) is 3.77. The molecule has 0 saturated heterocycles. The fraction of sp³-hybridized carbons (Fsp3) is 0.250. The molecule has 2 rings (SSSR count). The van der Waals surface area contributed by atoms with E-state index < -0.39 is 22.8 Å². The summed E-state index contributed by atoms with van der Waals surface area (Å²) in [7, 11) is 1.41. The third kappa shape index (κ3) is 3.37. The first-order chi connectivity index (χ1) is 9.92. The van der Waals surface area contributed by atoms with Crippen molar-refractivity contribution in [1.82, 2.24) is 14.8 Å². The van der Waals surface area contributed by atoms with Gasteiger partial charge in [0.1, 0.15) is 11.6 Å². The van der Waals surface area contributed by atoms with Crippen LogP contribution in [0.15, 0.2) is 31.8 Å². The number of nitrogens with two attached hydrogens (primary N) is 1. The van der Waals surface area contributed by atoms with Gasteiger partial charge in [0.15, 0.2) is 5.16 Å². The maximum atomic E-state index is 13.9. The highest BCUT2D eigenvalue weighted by Crippen LogP contribution is 2.30. The molecule has 0 amide bonds. The van der Waals surface area contributed by atoms with Gasteiger partial charge in [0.25, 0.3) is 0 Å². The zero-order chi connectivity index (χ0) is 15.6. The van der Waals surface area contributed by atoms with Crippen molar-refractivity contribution in [1.29, 1.82) is 0 Å². The summed E-state index contributed by atoms with van der Waals surface area (Å²) >= 11 is 0.618. The van der Waals surface area contributed by atoms with Crippen LogP contribution in [0.3, 0.4) is 0 Å². The van der Waals surface area contributed by atoms with Crippen molar-refractivity contribution in [3.05, 3.63) is 50.0 Å². The maximum Gasteiger partial charge on any atom is 0.339 e. The van der Waals surface area contributed by atoms with Gasteiger partial charge in [-0.3, -0.25) is 19.4 Å². The fourth-order valence-corrected chi connectivity index (χ4v) is 2.47. The minimum Gasteiger partial charge on any atom is -0.330 e. The van der Waals surface area contributed by atoms with Crippen molar-refractivity contribution in [2.24, 2.45) is 12.8 Å². The number of aromatic amines is 1. The second-order valence-corrected chi connectivity index (χ2v) is 5.21. The van der Waals surface area contributed by atoms with Crippen LogP contribution < -0.4 is 16.9 Å². The predicted octanol–water partition coefficient (Wildman–Crippen LogP) is 0.399. The molecule has 0 atom stereocenters. The first kappa shape index (κ1) is 15.4. The normalized spacial score (nSPS) is 10.9. The van der Waals surface area contributed by atoms with Crippen LogP contribution in [0.2, 0.25) is 0 Å². The molecule has 0 aliphatic heterocycles.